The molecule has 0 aliphatic rings. The highest BCUT2D eigenvalue weighted by Crippen LogP contribution is 2.23. The van der Waals surface area contributed by atoms with E-state index in [1.54, 1.807) is 48.5 Å². The van der Waals surface area contributed by atoms with Crippen molar-refractivity contribution in [3.63, 3.8) is 0 Å². The predicted octanol–water partition coefficient (Wildman–Crippen LogP) is 4.43. The van der Waals surface area contributed by atoms with E-state index in [-0.39, 0.29) is 12.5 Å². The highest BCUT2D eigenvalue weighted by Gasteiger charge is 2.33. The molecule has 0 aliphatic carbocycles. The molecular weight excluding hydrogens is 589 g/mol. The Kier molecular flexibility index (Phi) is 9.79. The fraction of sp³-hybridized carbons (Fsp3) is 0.417. The predicted molar refractivity (Wildman–Crippen MR) is 145 cm³/mol. The molecule has 2 amide bonds. The lowest BCUT2D eigenvalue weighted by molar-refractivity contribution is -0.141. The lowest BCUT2D eigenvalue weighted by Gasteiger charge is -2.34. The van der Waals surface area contributed by atoms with E-state index in [0.717, 1.165) is 14.1 Å². The Hall–Kier alpha value is -1.85. The van der Waals surface area contributed by atoms with Crippen LogP contribution in [0.1, 0.15) is 39.7 Å². The van der Waals surface area contributed by atoms with Crippen LogP contribution < -0.4 is 9.62 Å². The van der Waals surface area contributed by atoms with Crippen molar-refractivity contribution in [2.45, 2.75) is 52.2 Å². The summed E-state index contributed by atoms with van der Waals surface area (Å²) < 4.78 is 27.2. The largest absolute Gasteiger partial charge is 0.350 e. The number of amides is 2. The van der Waals surface area contributed by atoms with E-state index in [4.69, 9.17) is 11.6 Å². The molecule has 1 unspecified atom stereocenters. The smallest absolute Gasteiger partial charge is 0.244 e. The minimum Gasteiger partial charge on any atom is -0.350 e. The maximum Gasteiger partial charge on any atom is 0.244 e. The number of halogens is 2. The fourth-order valence-electron chi connectivity index (χ4n) is 3.40. The average molecular weight is 620 g/mol. The van der Waals surface area contributed by atoms with Gasteiger partial charge in [0.25, 0.3) is 0 Å². The van der Waals surface area contributed by atoms with Crippen molar-refractivity contribution in [1.82, 2.24) is 10.2 Å². The summed E-state index contributed by atoms with van der Waals surface area (Å²) in [7, 11) is -3.77. The molecule has 0 aromatic heterocycles. The summed E-state index contributed by atoms with van der Waals surface area (Å²) in [5.41, 5.74) is 0.546. The number of sulfonamides is 1. The van der Waals surface area contributed by atoms with E-state index in [1.807, 2.05) is 27.7 Å². The molecule has 0 aliphatic heterocycles. The Morgan fingerprint density at radius 2 is 1.68 bits per heavy atom. The van der Waals surface area contributed by atoms with Crippen LogP contribution in [0.5, 0.6) is 0 Å². The molecule has 0 saturated carbocycles. The number of rotatable bonds is 9. The van der Waals surface area contributed by atoms with Crippen molar-refractivity contribution in [2.24, 2.45) is 0 Å². The molecule has 7 nitrogen and oxygen atoms in total. The van der Waals surface area contributed by atoms with Gasteiger partial charge in [-0.3, -0.25) is 13.9 Å². The standard InChI is InChI=1S/C24H31ClIN3O4S/c1-6-21(23(31)27-24(2,3)4)28(15-17-9-7-8-10-20(17)25)22(30)16-29(34(5,32)33)19-13-11-18(26)12-14-19/h7-14,21H,6,15-16H2,1-5H3,(H,27,31). The molecule has 2 rings (SSSR count). The molecule has 186 valence electrons. The fourth-order valence-corrected chi connectivity index (χ4v) is 4.81. The molecule has 1 N–H and O–H groups in total. The molecule has 0 radical (unpaired) electrons. The van der Waals surface area contributed by atoms with Crippen molar-refractivity contribution in [1.29, 1.82) is 0 Å². The number of carbonyl (C=O) groups is 2. The third kappa shape index (κ3) is 8.13. The SMILES string of the molecule is CCC(C(=O)NC(C)(C)C)N(Cc1ccccc1Cl)C(=O)CN(c1ccc(I)cc1)S(C)(=O)=O. The number of carbonyl (C=O) groups excluding carboxylic acids is 2. The first kappa shape index (κ1) is 28.4. The van der Waals surface area contributed by atoms with Crippen LogP contribution in [0.25, 0.3) is 0 Å². The highest BCUT2D eigenvalue weighted by molar-refractivity contribution is 14.1. The van der Waals surface area contributed by atoms with Gasteiger partial charge in [0.05, 0.1) is 11.9 Å². The zero-order valence-electron chi connectivity index (χ0n) is 20.0. The Bertz CT molecular complexity index is 1120. The number of hydrogen-bond donors (Lipinski definition) is 1. The van der Waals surface area contributed by atoms with Crippen molar-refractivity contribution < 1.29 is 18.0 Å². The highest BCUT2D eigenvalue weighted by atomic mass is 127. The van der Waals surface area contributed by atoms with Gasteiger partial charge in [-0.2, -0.15) is 0 Å². The Morgan fingerprint density at radius 1 is 1.09 bits per heavy atom. The maximum absolute atomic E-state index is 13.6. The Labute approximate surface area is 221 Å². The van der Waals surface area contributed by atoms with Gasteiger partial charge in [-0.15, -0.1) is 0 Å². The normalized spacial score (nSPS) is 12.7. The Morgan fingerprint density at radius 3 is 2.18 bits per heavy atom. The Balaban J connectivity index is 2.46. The zero-order chi connectivity index (χ0) is 25.7. The molecule has 2 aromatic rings. The van der Waals surface area contributed by atoms with Crippen LogP contribution in [0.4, 0.5) is 5.69 Å². The van der Waals surface area contributed by atoms with Crippen LogP contribution in [0.15, 0.2) is 48.5 Å². The summed E-state index contributed by atoms with van der Waals surface area (Å²) in [4.78, 5) is 28.2. The number of nitrogens with zero attached hydrogens (tertiary/aromatic N) is 2. The molecule has 34 heavy (non-hydrogen) atoms. The van der Waals surface area contributed by atoms with Gasteiger partial charge in [0.15, 0.2) is 0 Å². The van der Waals surface area contributed by atoms with Crippen LogP contribution >= 0.6 is 34.2 Å². The van der Waals surface area contributed by atoms with Gasteiger partial charge in [0.1, 0.15) is 12.6 Å². The van der Waals surface area contributed by atoms with Crippen molar-refractivity contribution in [2.75, 3.05) is 17.1 Å². The molecule has 1 atom stereocenters. The summed E-state index contributed by atoms with van der Waals surface area (Å²) in [5, 5.41) is 3.39. The molecule has 0 fully saturated rings. The molecule has 2 aromatic carbocycles. The van der Waals surface area contributed by atoms with Gasteiger partial charge in [-0.05, 0) is 85.7 Å². The van der Waals surface area contributed by atoms with Crippen LogP contribution in [0, 0.1) is 3.57 Å². The zero-order valence-corrected chi connectivity index (χ0v) is 23.7. The molecule has 0 bridgehead atoms. The lowest BCUT2D eigenvalue weighted by Crippen LogP contribution is -2.55. The van der Waals surface area contributed by atoms with Crippen LogP contribution in [-0.4, -0.2) is 49.5 Å². The maximum atomic E-state index is 13.6. The van der Waals surface area contributed by atoms with E-state index >= 15 is 0 Å². The van der Waals surface area contributed by atoms with Crippen molar-refractivity contribution in [3.8, 4) is 0 Å². The third-order valence-corrected chi connectivity index (χ3v) is 7.20. The summed E-state index contributed by atoms with van der Waals surface area (Å²) in [5.74, 6) is -0.810. The first-order valence-electron chi connectivity index (χ1n) is 10.8. The van der Waals surface area contributed by atoms with Gasteiger partial charge < -0.3 is 10.2 Å². The minimum absolute atomic E-state index is 0.0683. The average Bonchev–Trinajstić information content (AvgIpc) is 2.71. The van der Waals surface area contributed by atoms with E-state index in [1.165, 1.54) is 4.90 Å². The quantitative estimate of drug-likeness (QED) is 0.421. The topological polar surface area (TPSA) is 86.8 Å². The second kappa shape index (κ2) is 11.7. The van der Waals surface area contributed by atoms with E-state index < -0.39 is 34.1 Å². The van der Waals surface area contributed by atoms with Gasteiger partial charge >= 0.3 is 0 Å². The van der Waals surface area contributed by atoms with Crippen molar-refractivity contribution in [3.05, 3.63) is 62.7 Å². The van der Waals surface area contributed by atoms with Crippen molar-refractivity contribution >= 4 is 61.7 Å². The van der Waals surface area contributed by atoms with Gasteiger partial charge in [-0.1, -0.05) is 36.7 Å². The number of nitrogens with one attached hydrogen (secondary N) is 1. The molecule has 0 heterocycles. The van der Waals surface area contributed by atoms with Gasteiger partial charge in [-0.25, -0.2) is 8.42 Å². The van der Waals surface area contributed by atoms with E-state index in [9.17, 15) is 18.0 Å². The van der Waals surface area contributed by atoms with Crippen LogP contribution in [0.3, 0.4) is 0 Å². The van der Waals surface area contributed by atoms with Crippen LogP contribution in [-0.2, 0) is 26.2 Å². The second-order valence-corrected chi connectivity index (χ2v) is 12.6. The first-order chi connectivity index (χ1) is 15.7. The summed E-state index contributed by atoms with van der Waals surface area (Å²) in [6.07, 6.45) is 1.40. The summed E-state index contributed by atoms with van der Waals surface area (Å²) in [6, 6.07) is 13.1. The molecule has 0 saturated heterocycles. The number of benzene rings is 2. The molecule has 0 spiro atoms. The summed E-state index contributed by atoms with van der Waals surface area (Å²) >= 11 is 8.47. The summed E-state index contributed by atoms with van der Waals surface area (Å²) in [6.45, 7) is 7.02. The molecular formula is C24H31ClIN3O4S. The van der Waals surface area contributed by atoms with E-state index in [0.29, 0.717) is 22.7 Å². The number of anilines is 1. The second-order valence-electron chi connectivity index (χ2n) is 9.02. The monoisotopic (exact) mass is 619 g/mol. The minimum atomic E-state index is -3.77. The lowest BCUT2D eigenvalue weighted by atomic mass is 10.1. The number of hydrogen-bond acceptors (Lipinski definition) is 4. The van der Waals surface area contributed by atoms with E-state index in [2.05, 4.69) is 27.9 Å². The van der Waals surface area contributed by atoms with Gasteiger partial charge in [0, 0.05) is 20.7 Å². The third-order valence-electron chi connectivity index (χ3n) is 4.98. The first-order valence-corrected chi connectivity index (χ1v) is 14.1. The van der Waals surface area contributed by atoms with Crippen LogP contribution in [0.2, 0.25) is 5.02 Å². The molecule has 10 heteroatoms. The van der Waals surface area contributed by atoms with Gasteiger partial charge in [0.2, 0.25) is 21.8 Å².